The molecular formula is C22H30IN5O2. The van der Waals surface area contributed by atoms with E-state index in [-0.39, 0.29) is 29.9 Å². The zero-order valence-corrected chi connectivity index (χ0v) is 19.6. The Kier molecular flexibility index (Phi) is 9.88. The number of guanidine groups is 1. The van der Waals surface area contributed by atoms with Crippen molar-refractivity contribution in [3.8, 4) is 0 Å². The number of hydrogen-bond acceptors (Lipinski definition) is 4. The third kappa shape index (κ3) is 6.88. The zero-order chi connectivity index (χ0) is 20.5. The van der Waals surface area contributed by atoms with Crippen LogP contribution in [0, 0.1) is 0 Å². The van der Waals surface area contributed by atoms with Crippen molar-refractivity contribution in [1.29, 1.82) is 0 Å². The molecule has 2 aromatic carbocycles. The zero-order valence-electron chi connectivity index (χ0n) is 17.3. The minimum Gasteiger partial charge on any atom is -0.380 e. The minimum atomic E-state index is 0. The molecule has 1 saturated heterocycles. The molecular weight excluding hydrogens is 493 g/mol. The van der Waals surface area contributed by atoms with E-state index in [4.69, 9.17) is 10.5 Å². The van der Waals surface area contributed by atoms with Gasteiger partial charge < -0.3 is 25.6 Å². The Morgan fingerprint density at radius 3 is 2.43 bits per heavy atom. The fourth-order valence-electron chi connectivity index (χ4n) is 3.38. The lowest BCUT2D eigenvalue weighted by molar-refractivity contribution is -0.131. The first-order valence-electron chi connectivity index (χ1n) is 9.89. The molecule has 1 fully saturated rings. The quantitative estimate of drug-likeness (QED) is 0.332. The van der Waals surface area contributed by atoms with Gasteiger partial charge in [-0.2, -0.15) is 0 Å². The summed E-state index contributed by atoms with van der Waals surface area (Å²) in [5.74, 6) is 0.421. The lowest BCUT2D eigenvalue weighted by Gasteiger charge is -2.36. The third-order valence-corrected chi connectivity index (χ3v) is 4.94. The molecule has 2 aromatic rings. The number of carbonyl (C=O) groups is 1. The molecule has 0 bridgehead atoms. The number of ether oxygens (including phenoxy) is 1. The second-order valence-corrected chi connectivity index (χ2v) is 6.94. The van der Waals surface area contributed by atoms with Gasteiger partial charge in [-0.15, -0.1) is 24.0 Å². The summed E-state index contributed by atoms with van der Waals surface area (Å²) in [5, 5.41) is 3.09. The number of para-hydroxylation sites is 2. The number of nitrogens with one attached hydrogen (secondary N) is 1. The molecule has 0 spiro atoms. The van der Waals surface area contributed by atoms with E-state index in [2.05, 4.69) is 27.3 Å². The summed E-state index contributed by atoms with van der Waals surface area (Å²) in [6.07, 6.45) is 0.355. The van der Waals surface area contributed by atoms with Gasteiger partial charge in [-0.1, -0.05) is 36.4 Å². The first kappa shape index (κ1) is 23.9. The Labute approximate surface area is 195 Å². The molecule has 0 saturated carbocycles. The largest absolute Gasteiger partial charge is 0.380 e. The summed E-state index contributed by atoms with van der Waals surface area (Å²) < 4.78 is 5.19. The van der Waals surface area contributed by atoms with Gasteiger partial charge in [0.05, 0.1) is 13.2 Å². The summed E-state index contributed by atoms with van der Waals surface area (Å²) in [6, 6.07) is 18.1. The number of rotatable bonds is 7. The Bertz CT molecular complexity index is 823. The number of halogens is 1. The highest BCUT2D eigenvalue weighted by molar-refractivity contribution is 14.0. The molecule has 1 aliphatic heterocycles. The van der Waals surface area contributed by atoms with Crippen molar-refractivity contribution in [1.82, 2.24) is 4.90 Å². The fraction of sp³-hybridized carbons (Fsp3) is 0.364. The van der Waals surface area contributed by atoms with Crippen LogP contribution >= 0.6 is 24.0 Å². The highest BCUT2D eigenvalue weighted by Crippen LogP contribution is 2.16. The molecule has 8 heteroatoms. The maximum absolute atomic E-state index is 12.5. The molecule has 30 heavy (non-hydrogen) atoms. The van der Waals surface area contributed by atoms with Gasteiger partial charge in [0.2, 0.25) is 5.91 Å². The van der Waals surface area contributed by atoms with Crippen molar-refractivity contribution < 1.29 is 9.53 Å². The summed E-state index contributed by atoms with van der Waals surface area (Å²) in [4.78, 5) is 21.0. The van der Waals surface area contributed by atoms with Crippen LogP contribution in [-0.4, -0.2) is 56.6 Å². The van der Waals surface area contributed by atoms with Crippen LogP contribution in [-0.2, 0) is 16.1 Å². The Morgan fingerprint density at radius 1 is 1.07 bits per heavy atom. The van der Waals surface area contributed by atoms with Crippen molar-refractivity contribution >= 4 is 47.2 Å². The standard InChI is InChI=1S/C22H29N5O2.HI/c1-29-17-18-7-5-6-10-20(18)25-22(23)24-12-11-21(28)27-15-13-26(14-16-27)19-8-3-2-4-9-19;/h2-10H,11-17H2,1H3,(H3,23,24,25);1H. The van der Waals surface area contributed by atoms with Crippen LogP contribution in [0.2, 0.25) is 0 Å². The lowest BCUT2D eigenvalue weighted by atomic mass is 10.2. The minimum absolute atomic E-state index is 0. The first-order chi connectivity index (χ1) is 14.2. The van der Waals surface area contributed by atoms with Gasteiger partial charge in [0.25, 0.3) is 0 Å². The molecule has 0 radical (unpaired) electrons. The summed E-state index contributed by atoms with van der Waals surface area (Å²) in [5.41, 5.74) is 9.05. The number of methoxy groups -OCH3 is 1. The second-order valence-electron chi connectivity index (χ2n) is 6.94. The van der Waals surface area contributed by atoms with Gasteiger partial charge in [0, 0.05) is 56.6 Å². The molecule has 0 atom stereocenters. The smallest absolute Gasteiger partial charge is 0.224 e. The van der Waals surface area contributed by atoms with Crippen LogP contribution in [0.15, 0.2) is 59.6 Å². The number of amides is 1. The average molecular weight is 523 g/mol. The SMILES string of the molecule is COCc1ccccc1NC(N)=NCCC(=O)N1CCN(c2ccccc2)CC1.I. The highest BCUT2D eigenvalue weighted by atomic mass is 127. The average Bonchev–Trinajstić information content (AvgIpc) is 2.76. The number of benzene rings is 2. The number of anilines is 2. The van der Waals surface area contributed by atoms with Gasteiger partial charge in [-0.25, -0.2) is 0 Å². The number of hydrogen-bond donors (Lipinski definition) is 2. The molecule has 1 aliphatic rings. The molecule has 0 aromatic heterocycles. The van der Waals surface area contributed by atoms with Gasteiger partial charge in [-0.3, -0.25) is 9.79 Å². The van der Waals surface area contributed by atoms with E-state index < -0.39 is 0 Å². The molecule has 1 heterocycles. The topological polar surface area (TPSA) is 83.2 Å². The van der Waals surface area contributed by atoms with Crippen LogP contribution in [0.1, 0.15) is 12.0 Å². The van der Waals surface area contributed by atoms with Gasteiger partial charge in [-0.05, 0) is 18.2 Å². The van der Waals surface area contributed by atoms with Crippen molar-refractivity contribution in [3.63, 3.8) is 0 Å². The Balaban J connectivity index is 0.00000320. The van der Waals surface area contributed by atoms with E-state index in [0.717, 1.165) is 37.4 Å². The molecule has 0 aliphatic carbocycles. The maximum Gasteiger partial charge on any atom is 0.224 e. The predicted octanol–water partition coefficient (Wildman–Crippen LogP) is 2.92. The van der Waals surface area contributed by atoms with Crippen LogP contribution in [0.25, 0.3) is 0 Å². The van der Waals surface area contributed by atoms with E-state index >= 15 is 0 Å². The Hall–Kier alpha value is -2.33. The molecule has 1 amide bonds. The first-order valence-corrected chi connectivity index (χ1v) is 9.89. The summed E-state index contributed by atoms with van der Waals surface area (Å²) >= 11 is 0. The number of nitrogens with two attached hydrogens (primary N) is 1. The molecule has 0 unspecified atom stereocenters. The summed E-state index contributed by atoms with van der Waals surface area (Å²) in [7, 11) is 1.65. The summed E-state index contributed by atoms with van der Waals surface area (Å²) in [6.45, 7) is 4.01. The van der Waals surface area contributed by atoms with E-state index in [9.17, 15) is 4.79 Å². The molecule has 7 nitrogen and oxygen atoms in total. The van der Waals surface area contributed by atoms with E-state index in [1.54, 1.807) is 7.11 Å². The van der Waals surface area contributed by atoms with Crippen LogP contribution < -0.4 is 16.0 Å². The van der Waals surface area contributed by atoms with Crippen LogP contribution in [0.3, 0.4) is 0 Å². The highest BCUT2D eigenvalue weighted by Gasteiger charge is 2.20. The van der Waals surface area contributed by atoms with Gasteiger partial charge in [0.1, 0.15) is 0 Å². The van der Waals surface area contributed by atoms with Crippen LogP contribution in [0.4, 0.5) is 11.4 Å². The maximum atomic E-state index is 12.5. The van der Waals surface area contributed by atoms with E-state index in [1.807, 2.05) is 47.4 Å². The number of piperazine rings is 1. The predicted molar refractivity (Wildman–Crippen MR) is 133 cm³/mol. The molecule has 3 rings (SSSR count). The molecule has 3 N–H and O–H groups in total. The van der Waals surface area contributed by atoms with Crippen molar-refractivity contribution in [2.24, 2.45) is 10.7 Å². The van der Waals surface area contributed by atoms with Crippen molar-refractivity contribution in [2.75, 3.05) is 50.1 Å². The van der Waals surface area contributed by atoms with Crippen LogP contribution in [0.5, 0.6) is 0 Å². The van der Waals surface area contributed by atoms with E-state index in [1.165, 1.54) is 5.69 Å². The van der Waals surface area contributed by atoms with Crippen molar-refractivity contribution in [3.05, 3.63) is 60.2 Å². The monoisotopic (exact) mass is 523 g/mol. The van der Waals surface area contributed by atoms with E-state index in [0.29, 0.717) is 25.5 Å². The number of nitrogens with zero attached hydrogens (tertiary/aromatic N) is 3. The lowest BCUT2D eigenvalue weighted by Crippen LogP contribution is -2.48. The normalized spacial score (nSPS) is 14.2. The van der Waals surface area contributed by atoms with Crippen molar-refractivity contribution in [2.45, 2.75) is 13.0 Å². The number of carbonyl (C=O) groups excluding carboxylic acids is 1. The number of aliphatic imine (C=N–C) groups is 1. The third-order valence-electron chi connectivity index (χ3n) is 4.94. The molecule has 162 valence electrons. The second kappa shape index (κ2) is 12.4. The van der Waals surface area contributed by atoms with Gasteiger partial charge in [0.15, 0.2) is 5.96 Å². The fourth-order valence-corrected chi connectivity index (χ4v) is 3.38. The Morgan fingerprint density at radius 2 is 1.73 bits per heavy atom. The van der Waals surface area contributed by atoms with Gasteiger partial charge >= 0.3 is 0 Å².